The van der Waals surface area contributed by atoms with Crippen LogP contribution in [0.4, 0.5) is 0 Å². The van der Waals surface area contributed by atoms with E-state index in [1.807, 2.05) is 30.5 Å². The minimum absolute atomic E-state index is 0.222. The van der Waals surface area contributed by atoms with Crippen molar-refractivity contribution in [1.82, 2.24) is 10.6 Å². The van der Waals surface area contributed by atoms with Crippen LogP contribution in [0, 0.1) is 0 Å². The Morgan fingerprint density at radius 2 is 1.85 bits per heavy atom. The highest BCUT2D eigenvalue weighted by Gasteiger charge is 2.21. The average molecular weight is 407 g/mol. The standard InChI is InChI=1S/C20H23ClN2O3S/c1-26-15-9-7-14(8-10-15)13-22-20(25)18(11-12-27-2)23-19(24)16-5-3-4-6-17(16)21/h3-10,18H,11-13H2,1-2H3,(H,22,25)(H,23,24)/t18-/m0/s1. The molecule has 27 heavy (non-hydrogen) atoms. The summed E-state index contributed by atoms with van der Waals surface area (Å²) in [6, 6.07) is 13.6. The molecular formula is C20H23ClN2O3S. The molecule has 1 atom stereocenters. The van der Waals surface area contributed by atoms with Crippen LogP contribution in [0.2, 0.25) is 5.02 Å². The number of halogens is 1. The summed E-state index contributed by atoms with van der Waals surface area (Å²) in [7, 11) is 1.61. The van der Waals surface area contributed by atoms with Gasteiger partial charge in [0.25, 0.3) is 5.91 Å². The van der Waals surface area contributed by atoms with Gasteiger partial charge in [0, 0.05) is 6.54 Å². The van der Waals surface area contributed by atoms with Gasteiger partial charge in [0.2, 0.25) is 5.91 Å². The minimum Gasteiger partial charge on any atom is -0.497 e. The maximum Gasteiger partial charge on any atom is 0.253 e. The highest BCUT2D eigenvalue weighted by Crippen LogP contribution is 2.15. The first-order valence-electron chi connectivity index (χ1n) is 8.50. The van der Waals surface area contributed by atoms with E-state index in [-0.39, 0.29) is 11.8 Å². The molecule has 2 aromatic carbocycles. The molecule has 2 aromatic rings. The van der Waals surface area contributed by atoms with E-state index in [9.17, 15) is 9.59 Å². The SMILES string of the molecule is COc1ccc(CNC(=O)[C@H](CCSC)NC(=O)c2ccccc2Cl)cc1. The highest BCUT2D eigenvalue weighted by atomic mass is 35.5. The smallest absolute Gasteiger partial charge is 0.253 e. The van der Waals surface area contributed by atoms with Crippen LogP contribution >= 0.6 is 23.4 Å². The Morgan fingerprint density at radius 1 is 1.15 bits per heavy atom. The fourth-order valence-corrected chi connectivity index (χ4v) is 3.13. The number of benzene rings is 2. The molecule has 0 saturated heterocycles. The molecule has 0 saturated carbocycles. The number of amides is 2. The third-order valence-corrected chi connectivity index (χ3v) is 4.95. The van der Waals surface area contributed by atoms with E-state index < -0.39 is 6.04 Å². The molecule has 2 rings (SSSR count). The van der Waals surface area contributed by atoms with Gasteiger partial charge in [-0.2, -0.15) is 11.8 Å². The topological polar surface area (TPSA) is 67.4 Å². The number of hydrogen-bond donors (Lipinski definition) is 2. The lowest BCUT2D eigenvalue weighted by atomic mass is 10.1. The molecule has 0 aliphatic heterocycles. The molecule has 5 nitrogen and oxygen atoms in total. The van der Waals surface area contributed by atoms with Crippen LogP contribution in [0.25, 0.3) is 0 Å². The van der Waals surface area contributed by atoms with Crippen molar-refractivity contribution in [2.24, 2.45) is 0 Å². The molecule has 144 valence electrons. The lowest BCUT2D eigenvalue weighted by Gasteiger charge is -2.18. The number of ether oxygens (including phenoxy) is 1. The molecule has 0 heterocycles. The second-order valence-corrected chi connectivity index (χ2v) is 7.25. The molecule has 0 aliphatic carbocycles. The van der Waals surface area contributed by atoms with E-state index in [4.69, 9.17) is 16.3 Å². The number of carbonyl (C=O) groups excluding carboxylic acids is 2. The Hall–Kier alpha value is -2.18. The van der Waals surface area contributed by atoms with Crippen molar-refractivity contribution in [2.75, 3.05) is 19.1 Å². The highest BCUT2D eigenvalue weighted by molar-refractivity contribution is 7.98. The Morgan fingerprint density at radius 3 is 2.48 bits per heavy atom. The summed E-state index contributed by atoms with van der Waals surface area (Å²) in [5.41, 5.74) is 1.31. The molecular weight excluding hydrogens is 384 g/mol. The van der Waals surface area contributed by atoms with Gasteiger partial charge in [-0.05, 0) is 48.3 Å². The number of carbonyl (C=O) groups is 2. The van der Waals surface area contributed by atoms with E-state index in [1.54, 1.807) is 43.1 Å². The molecule has 0 bridgehead atoms. The molecule has 0 aromatic heterocycles. The lowest BCUT2D eigenvalue weighted by molar-refractivity contribution is -0.123. The van der Waals surface area contributed by atoms with E-state index in [1.165, 1.54) is 0 Å². The van der Waals surface area contributed by atoms with Gasteiger partial charge < -0.3 is 15.4 Å². The summed E-state index contributed by atoms with van der Waals surface area (Å²) in [6.07, 6.45) is 2.49. The van der Waals surface area contributed by atoms with Crippen LogP contribution in [0.3, 0.4) is 0 Å². The van der Waals surface area contributed by atoms with Gasteiger partial charge >= 0.3 is 0 Å². The number of rotatable bonds is 9. The Bertz CT molecular complexity index is 768. The summed E-state index contributed by atoms with van der Waals surface area (Å²) in [5, 5.41) is 6.03. The van der Waals surface area contributed by atoms with Gasteiger partial charge in [-0.1, -0.05) is 35.9 Å². The van der Waals surface area contributed by atoms with Crippen molar-refractivity contribution in [2.45, 2.75) is 19.0 Å². The predicted molar refractivity (Wildman–Crippen MR) is 111 cm³/mol. The molecule has 0 fully saturated rings. The second-order valence-electron chi connectivity index (χ2n) is 5.85. The first-order chi connectivity index (χ1) is 13.0. The van der Waals surface area contributed by atoms with Crippen LogP contribution in [-0.4, -0.2) is 37.0 Å². The van der Waals surface area contributed by atoms with Crippen LogP contribution in [0.5, 0.6) is 5.75 Å². The number of thioether (sulfide) groups is 1. The van der Waals surface area contributed by atoms with Crippen molar-refractivity contribution >= 4 is 35.2 Å². The molecule has 2 N–H and O–H groups in total. The zero-order valence-electron chi connectivity index (χ0n) is 15.3. The summed E-state index contributed by atoms with van der Waals surface area (Å²) in [6.45, 7) is 0.376. The van der Waals surface area contributed by atoms with E-state index in [0.717, 1.165) is 17.1 Å². The van der Waals surface area contributed by atoms with Crippen molar-refractivity contribution in [3.63, 3.8) is 0 Å². The lowest BCUT2D eigenvalue weighted by Crippen LogP contribution is -2.47. The van der Waals surface area contributed by atoms with Crippen molar-refractivity contribution in [3.8, 4) is 5.75 Å². The van der Waals surface area contributed by atoms with Crippen molar-refractivity contribution < 1.29 is 14.3 Å². The monoisotopic (exact) mass is 406 g/mol. The third kappa shape index (κ3) is 6.48. The quantitative estimate of drug-likeness (QED) is 0.668. The summed E-state index contributed by atoms with van der Waals surface area (Å²) >= 11 is 7.70. The largest absolute Gasteiger partial charge is 0.497 e. The number of nitrogens with one attached hydrogen (secondary N) is 2. The van der Waals surface area contributed by atoms with Gasteiger partial charge in [0.1, 0.15) is 11.8 Å². The Kier molecular flexibility index (Phi) is 8.48. The minimum atomic E-state index is -0.625. The van der Waals surface area contributed by atoms with Crippen LogP contribution < -0.4 is 15.4 Å². The molecule has 0 aliphatic rings. The van der Waals surface area contributed by atoms with E-state index in [0.29, 0.717) is 23.6 Å². The summed E-state index contributed by atoms with van der Waals surface area (Å²) in [5.74, 6) is 0.935. The summed E-state index contributed by atoms with van der Waals surface area (Å²) in [4.78, 5) is 25.1. The fourth-order valence-electron chi connectivity index (χ4n) is 2.44. The van der Waals surface area contributed by atoms with Crippen LogP contribution in [0.15, 0.2) is 48.5 Å². The van der Waals surface area contributed by atoms with Crippen LogP contribution in [-0.2, 0) is 11.3 Å². The molecule has 7 heteroatoms. The number of methoxy groups -OCH3 is 1. The second kappa shape index (κ2) is 10.8. The van der Waals surface area contributed by atoms with Gasteiger partial charge in [-0.15, -0.1) is 0 Å². The first kappa shape index (κ1) is 21.1. The van der Waals surface area contributed by atoms with Gasteiger partial charge in [-0.3, -0.25) is 9.59 Å². The molecule has 2 amide bonds. The predicted octanol–water partition coefficient (Wildman–Crippen LogP) is 3.52. The molecule has 0 radical (unpaired) electrons. The normalized spacial score (nSPS) is 11.5. The zero-order chi connectivity index (χ0) is 19.6. The van der Waals surface area contributed by atoms with Crippen molar-refractivity contribution in [3.05, 3.63) is 64.7 Å². The summed E-state index contributed by atoms with van der Waals surface area (Å²) < 4.78 is 5.12. The van der Waals surface area contributed by atoms with E-state index >= 15 is 0 Å². The van der Waals surface area contributed by atoms with Crippen molar-refractivity contribution in [1.29, 1.82) is 0 Å². The van der Waals surface area contributed by atoms with Gasteiger partial charge in [0.15, 0.2) is 0 Å². The molecule has 0 unspecified atom stereocenters. The Balaban J connectivity index is 1.99. The molecule has 0 spiro atoms. The van der Waals surface area contributed by atoms with Gasteiger partial charge in [0.05, 0.1) is 17.7 Å². The third-order valence-electron chi connectivity index (χ3n) is 3.98. The van der Waals surface area contributed by atoms with Crippen LogP contribution in [0.1, 0.15) is 22.3 Å². The fraction of sp³-hybridized carbons (Fsp3) is 0.300. The first-order valence-corrected chi connectivity index (χ1v) is 10.3. The number of hydrogen-bond acceptors (Lipinski definition) is 4. The van der Waals surface area contributed by atoms with E-state index in [2.05, 4.69) is 10.6 Å². The zero-order valence-corrected chi connectivity index (χ0v) is 16.9. The average Bonchev–Trinajstić information content (AvgIpc) is 2.69. The maximum absolute atomic E-state index is 12.6. The Labute approximate surface area is 168 Å². The van der Waals surface area contributed by atoms with Gasteiger partial charge in [-0.25, -0.2) is 0 Å². The maximum atomic E-state index is 12.6.